The molecule has 1 aliphatic heterocycles. The maximum absolute atomic E-state index is 9.36. The van der Waals surface area contributed by atoms with Gasteiger partial charge in [-0.1, -0.05) is 0 Å². The van der Waals surface area contributed by atoms with E-state index in [0.717, 1.165) is 26.1 Å². The third-order valence-corrected chi connectivity index (χ3v) is 2.76. The molecule has 0 saturated carbocycles. The fourth-order valence-corrected chi connectivity index (χ4v) is 1.72. The van der Waals surface area contributed by atoms with E-state index in [4.69, 9.17) is 10.5 Å². The van der Waals surface area contributed by atoms with Crippen molar-refractivity contribution in [2.24, 2.45) is 5.73 Å². The van der Waals surface area contributed by atoms with Gasteiger partial charge in [-0.3, -0.25) is 4.90 Å². The van der Waals surface area contributed by atoms with Crippen molar-refractivity contribution in [3.8, 4) is 0 Å². The topological polar surface area (TPSA) is 58.7 Å². The Bertz CT molecular complexity index is 166. The number of morpholine rings is 1. The number of hydrogen-bond acceptors (Lipinski definition) is 4. The van der Waals surface area contributed by atoms with Gasteiger partial charge in [0.1, 0.15) is 0 Å². The SMILES string of the molecule is CC1CN(CCC(O)CN)C(C)CO1. The molecular formula is C10H22N2O2. The smallest absolute Gasteiger partial charge is 0.0674 e. The molecular weight excluding hydrogens is 180 g/mol. The highest BCUT2D eigenvalue weighted by atomic mass is 16.5. The van der Waals surface area contributed by atoms with Crippen molar-refractivity contribution in [3.63, 3.8) is 0 Å². The van der Waals surface area contributed by atoms with E-state index in [0.29, 0.717) is 18.7 Å². The second kappa shape index (κ2) is 5.66. The summed E-state index contributed by atoms with van der Waals surface area (Å²) in [6, 6.07) is 0.455. The van der Waals surface area contributed by atoms with Crippen molar-refractivity contribution in [1.29, 1.82) is 0 Å². The third-order valence-electron chi connectivity index (χ3n) is 2.76. The second-order valence-corrected chi connectivity index (χ2v) is 4.17. The maximum atomic E-state index is 9.36. The summed E-state index contributed by atoms with van der Waals surface area (Å²) in [6.45, 7) is 7.25. The van der Waals surface area contributed by atoms with Gasteiger partial charge in [0, 0.05) is 25.7 Å². The predicted octanol–water partition coefficient (Wildman–Crippen LogP) is -0.195. The van der Waals surface area contributed by atoms with Crippen molar-refractivity contribution in [2.75, 3.05) is 26.2 Å². The first kappa shape index (κ1) is 11.9. The highest BCUT2D eigenvalue weighted by molar-refractivity contribution is 4.76. The van der Waals surface area contributed by atoms with Crippen LogP contribution in [-0.4, -0.2) is 54.5 Å². The second-order valence-electron chi connectivity index (χ2n) is 4.17. The van der Waals surface area contributed by atoms with E-state index in [9.17, 15) is 5.11 Å². The number of nitrogens with two attached hydrogens (primary N) is 1. The minimum absolute atomic E-state index is 0.307. The molecule has 0 bridgehead atoms. The monoisotopic (exact) mass is 202 g/mol. The summed E-state index contributed by atoms with van der Waals surface area (Å²) in [5, 5.41) is 9.36. The molecule has 3 unspecified atom stereocenters. The summed E-state index contributed by atoms with van der Waals surface area (Å²) in [4.78, 5) is 2.35. The van der Waals surface area contributed by atoms with Gasteiger partial charge in [0.25, 0.3) is 0 Å². The van der Waals surface area contributed by atoms with Crippen LogP contribution in [0, 0.1) is 0 Å². The molecule has 0 aromatic heterocycles. The highest BCUT2D eigenvalue weighted by Gasteiger charge is 2.23. The summed E-state index contributed by atoms with van der Waals surface area (Å²) < 4.78 is 5.52. The number of nitrogens with zero attached hydrogens (tertiary/aromatic N) is 1. The van der Waals surface area contributed by atoms with E-state index in [1.165, 1.54) is 0 Å². The van der Waals surface area contributed by atoms with E-state index in [-0.39, 0.29) is 6.10 Å². The molecule has 4 heteroatoms. The zero-order chi connectivity index (χ0) is 10.6. The van der Waals surface area contributed by atoms with E-state index in [1.54, 1.807) is 0 Å². The third kappa shape index (κ3) is 3.53. The molecule has 0 aromatic carbocycles. The van der Waals surface area contributed by atoms with E-state index >= 15 is 0 Å². The van der Waals surface area contributed by atoms with Crippen LogP contribution in [0.25, 0.3) is 0 Å². The van der Waals surface area contributed by atoms with Gasteiger partial charge < -0.3 is 15.6 Å². The van der Waals surface area contributed by atoms with Gasteiger partial charge in [-0.25, -0.2) is 0 Å². The van der Waals surface area contributed by atoms with Gasteiger partial charge in [0.15, 0.2) is 0 Å². The number of ether oxygens (including phenoxy) is 1. The molecule has 1 fully saturated rings. The van der Waals surface area contributed by atoms with Crippen molar-refractivity contribution >= 4 is 0 Å². The van der Waals surface area contributed by atoms with Gasteiger partial charge >= 0.3 is 0 Å². The molecule has 14 heavy (non-hydrogen) atoms. The zero-order valence-electron chi connectivity index (χ0n) is 9.15. The van der Waals surface area contributed by atoms with Crippen molar-refractivity contribution in [3.05, 3.63) is 0 Å². The predicted molar refractivity (Wildman–Crippen MR) is 56.1 cm³/mol. The molecule has 1 aliphatic rings. The molecule has 0 amide bonds. The molecule has 0 spiro atoms. The van der Waals surface area contributed by atoms with Crippen molar-refractivity contribution in [2.45, 2.75) is 38.5 Å². The van der Waals surface area contributed by atoms with E-state index in [2.05, 4.69) is 18.7 Å². The molecule has 0 aliphatic carbocycles. The Kier molecular flexibility index (Phi) is 4.81. The van der Waals surface area contributed by atoms with Gasteiger partial charge in [-0.05, 0) is 20.3 Å². The first-order chi connectivity index (χ1) is 6.63. The van der Waals surface area contributed by atoms with Crippen LogP contribution >= 0.6 is 0 Å². The fourth-order valence-electron chi connectivity index (χ4n) is 1.72. The summed E-state index contributed by atoms with van der Waals surface area (Å²) in [5.41, 5.74) is 5.36. The molecule has 3 N–H and O–H groups in total. The van der Waals surface area contributed by atoms with Crippen LogP contribution < -0.4 is 5.73 Å². The van der Waals surface area contributed by atoms with Gasteiger partial charge in [0.2, 0.25) is 0 Å². The van der Waals surface area contributed by atoms with Gasteiger partial charge in [-0.15, -0.1) is 0 Å². The number of aliphatic hydroxyl groups is 1. The molecule has 1 rings (SSSR count). The lowest BCUT2D eigenvalue weighted by Gasteiger charge is -2.37. The van der Waals surface area contributed by atoms with Gasteiger partial charge in [0.05, 0.1) is 18.8 Å². The van der Waals surface area contributed by atoms with Crippen LogP contribution in [0.2, 0.25) is 0 Å². The Hall–Kier alpha value is -0.160. The Balaban J connectivity index is 2.27. The van der Waals surface area contributed by atoms with Crippen molar-refractivity contribution in [1.82, 2.24) is 4.90 Å². The van der Waals surface area contributed by atoms with Crippen LogP contribution in [0.15, 0.2) is 0 Å². The van der Waals surface area contributed by atoms with Crippen molar-refractivity contribution < 1.29 is 9.84 Å². The minimum atomic E-state index is -0.361. The summed E-state index contributed by atoms with van der Waals surface area (Å²) in [5.74, 6) is 0. The molecule has 3 atom stereocenters. The maximum Gasteiger partial charge on any atom is 0.0674 e. The quantitative estimate of drug-likeness (QED) is 0.663. The summed E-state index contributed by atoms with van der Waals surface area (Å²) in [6.07, 6.45) is 0.703. The van der Waals surface area contributed by atoms with Crippen LogP contribution in [0.5, 0.6) is 0 Å². The largest absolute Gasteiger partial charge is 0.392 e. The molecule has 1 heterocycles. The molecule has 0 radical (unpaired) electrons. The van der Waals surface area contributed by atoms with Crippen LogP contribution in [-0.2, 0) is 4.74 Å². The first-order valence-electron chi connectivity index (χ1n) is 5.37. The molecule has 4 nitrogen and oxygen atoms in total. The van der Waals surface area contributed by atoms with E-state index in [1.807, 2.05) is 0 Å². The average molecular weight is 202 g/mol. The number of rotatable bonds is 4. The van der Waals surface area contributed by atoms with Crippen LogP contribution in [0.1, 0.15) is 20.3 Å². The number of hydrogen-bond donors (Lipinski definition) is 2. The minimum Gasteiger partial charge on any atom is -0.392 e. The lowest BCUT2D eigenvalue weighted by molar-refractivity contribution is -0.0524. The Morgan fingerprint density at radius 2 is 2.29 bits per heavy atom. The highest BCUT2D eigenvalue weighted by Crippen LogP contribution is 2.11. The Labute approximate surface area is 86.0 Å². The Morgan fingerprint density at radius 3 is 2.93 bits per heavy atom. The summed E-state index contributed by atoms with van der Waals surface area (Å²) in [7, 11) is 0. The lowest BCUT2D eigenvalue weighted by atomic mass is 10.1. The molecule has 84 valence electrons. The Morgan fingerprint density at radius 1 is 1.57 bits per heavy atom. The standard InChI is InChI=1S/C10H22N2O2/c1-8-7-14-9(2)6-12(8)4-3-10(13)5-11/h8-10,13H,3-7,11H2,1-2H3. The summed E-state index contributed by atoms with van der Waals surface area (Å²) >= 11 is 0. The average Bonchev–Trinajstić information content (AvgIpc) is 2.19. The van der Waals surface area contributed by atoms with E-state index < -0.39 is 0 Å². The normalized spacial score (nSPS) is 31.7. The van der Waals surface area contributed by atoms with Gasteiger partial charge in [-0.2, -0.15) is 0 Å². The number of aliphatic hydroxyl groups excluding tert-OH is 1. The fraction of sp³-hybridized carbons (Fsp3) is 1.00. The lowest BCUT2D eigenvalue weighted by Crippen LogP contribution is -2.48. The first-order valence-corrected chi connectivity index (χ1v) is 5.37. The van der Waals surface area contributed by atoms with Crippen LogP contribution in [0.4, 0.5) is 0 Å². The van der Waals surface area contributed by atoms with Crippen LogP contribution in [0.3, 0.4) is 0 Å². The molecule has 0 aromatic rings. The zero-order valence-corrected chi connectivity index (χ0v) is 9.15. The molecule has 1 saturated heterocycles.